The van der Waals surface area contributed by atoms with E-state index in [2.05, 4.69) is 0 Å². The molecule has 0 aliphatic carbocycles. The number of carbonyl (C=O) groups is 2. The number of benzene rings is 2. The number of carboxylic acids is 1. The number of hydrogen-bond donors (Lipinski definition) is 1. The summed E-state index contributed by atoms with van der Waals surface area (Å²) >= 11 is 12.5. The van der Waals surface area contributed by atoms with Gasteiger partial charge < -0.3 is 9.84 Å². The molecule has 5 nitrogen and oxygen atoms in total. The first-order valence-corrected chi connectivity index (χ1v) is 11.5. The minimum atomic E-state index is -0.798. The van der Waals surface area contributed by atoms with E-state index in [0.717, 1.165) is 24.0 Å². The highest BCUT2D eigenvalue weighted by Gasteiger charge is 2.31. The van der Waals surface area contributed by atoms with Crippen molar-refractivity contribution in [2.75, 3.05) is 6.54 Å². The molecule has 1 heterocycles. The van der Waals surface area contributed by atoms with Gasteiger partial charge in [-0.15, -0.1) is 0 Å². The van der Waals surface area contributed by atoms with Crippen molar-refractivity contribution in [1.82, 2.24) is 4.90 Å². The lowest BCUT2D eigenvalue weighted by atomic mass is 10.2. The summed E-state index contributed by atoms with van der Waals surface area (Å²) in [5.74, 6) is -0.203. The summed E-state index contributed by atoms with van der Waals surface area (Å²) in [6, 6.07) is 15.0. The van der Waals surface area contributed by atoms with E-state index in [1.54, 1.807) is 4.90 Å². The van der Waals surface area contributed by atoms with Crippen LogP contribution in [-0.2, 0) is 16.2 Å². The number of carboxylic acid groups (broad SMARTS) is 1. The highest BCUT2D eigenvalue weighted by atomic mass is 35.5. The van der Waals surface area contributed by atoms with Crippen LogP contribution in [0.1, 0.15) is 36.8 Å². The summed E-state index contributed by atoms with van der Waals surface area (Å²) in [5.41, 5.74) is 1.87. The van der Waals surface area contributed by atoms with Gasteiger partial charge in [0.15, 0.2) is 0 Å². The Morgan fingerprint density at radius 3 is 2.68 bits per heavy atom. The second-order valence-electron chi connectivity index (χ2n) is 7.03. The van der Waals surface area contributed by atoms with Crippen LogP contribution in [0.3, 0.4) is 0 Å². The van der Waals surface area contributed by atoms with E-state index in [4.69, 9.17) is 33.7 Å². The van der Waals surface area contributed by atoms with E-state index in [-0.39, 0.29) is 12.3 Å². The molecule has 162 valence electrons. The molecular weight excluding hydrogens is 454 g/mol. The van der Waals surface area contributed by atoms with Crippen LogP contribution in [0.5, 0.6) is 5.75 Å². The fraction of sp³-hybridized carbons (Fsp3) is 0.261. The molecule has 0 radical (unpaired) electrons. The SMILES string of the molecule is O=C(O)CCCCCN1C(=O)C(=Cc2cccc(OCc3ccc(Cl)cc3)c2)SC1=S. The average molecular weight is 476 g/mol. The number of thiocarbonyl (C=S) groups is 1. The van der Waals surface area contributed by atoms with E-state index in [9.17, 15) is 9.59 Å². The summed E-state index contributed by atoms with van der Waals surface area (Å²) in [7, 11) is 0. The predicted molar refractivity (Wildman–Crippen MR) is 128 cm³/mol. The lowest BCUT2D eigenvalue weighted by molar-refractivity contribution is -0.137. The molecule has 0 bridgehead atoms. The summed E-state index contributed by atoms with van der Waals surface area (Å²) in [5, 5.41) is 9.38. The second kappa shape index (κ2) is 11.3. The molecule has 0 saturated carbocycles. The molecule has 1 aliphatic rings. The smallest absolute Gasteiger partial charge is 0.303 e. The van der Waals surface area contributed by atoms with Gasteiger partial charge in [-0.1, -0.05) is 66.3 Å². The van der Waals surface area contributed by atoms with Crippen LogP contribution in [-0.4, -0.2) is 32.7 Å². The largest absolute Gasteiger partial charge is 0.489 e. The molecule has 1 fully saturated rings. The number of unbranched alkanes of at least 4 members (excludes halogenated alkanes) is 2. The number of amides is 1. The van der Waals surface area contributed by atoms with Gasteiger partial charge >= 0.3 is 5.97 Å². The van der Waals surface area contributed by atoms with Gasteiger partial charge in [-0.3, -0.25) is 14.5 Å². The maximum atomic E-state index is 12.7. The summed E-state index contributed by atoms with van der Waals surface area (Å²) in [6.45, 7) is 0.927. The molecule has 0 aromatic heterocycles. The van der Waals surface area contributed by atoms with Crippen molar-refractivity contribution in [1.29, 1.82) is 0 Å². The number of halogens is 1. The van der Waals surface area contributed by atoms with Gasteiger partial charge in [0, 0.05) is 18.0 Å². The van der Waals surface area contributed by atoms with E-state index in [1.807, 2.05) is 54.6 Å². The number of carbonyl (C=O) groups excluding carboxylic acids is 1. The fourth-order valence-corrected chi connectivity index (χ4v) is 4.44. The Balaban J connectivity index is 1.57. The molecule has 31 heavy (non-hydrogen) atoms. The van der Waals surface area contributed by atoms with Gasteiger partial charge in [0.25, 0.3) is 5.91 Å². The third-order valence-electron chi connectivity index (χ3n) is 4.62. The number of rotatable bonds is 10. The Bertz CT molecular complexity index is 991. The van der Waals surface area contributed by atoms with Crippen molar-refractivity contribution >= 4 is 57.9 Å². The van der Waals surface area contributed by atoms with E-state index in [1.165, 1.54) is 11.8 Å². The van der Waals surface area contributed by atoms with Gasteiger partial charge in [0.05, 0.1) is 4.91 Å². The fourth-order valence-electron chi connectivity index (χ4n) is 3.01. The zero-order chi connectivity index (χ0) is 22.2. The second-order valence-corrected chi connectivity index (χ2v) is 9.14. The maximum absolute atomic E-state index is 12.7. The van der Waals surface area contributed by atoms with Gasteiger partial charge in [0.1, 0.15) is 16.7 Å². The van der Waals surface area contributed by atoms with Gasteiger partial charge in [-0.2, -0.15) is 0 Å². The third-order valence-corrected chi connectivity index (χ3v) is 6.25. The summed E-state index contributed by atoms with van der Waals surface area (Å²) in [4.78, 5) is 25.5. The molecule has 1 aliphatic heterocycles. The highest BCUT2D eigenvalue weighted by molar-refractivity contribution is 8.26. The van der Waals surface area contributed by atoms with Gasteiger partial charge in [-0.05, 0) is 54.3 Å². The van der Waals surface area contributed by atoms with Crippen LogP contribution in [0.15, 0.2) is 53.4 Å². The van der Waals surface area contributed by atoms with Crippen LogP contribution in [0.4, 0.5) is 0 Å². The molecule has 0 unspecified atom stereocenters. The minimum Gasteiger partial charge on any atom is -0.489 e. The Hall–Kier alpha value is -2.35. The molecule has 0 atom stereocenters. The highest BCUT2D eigenvalue weighted by Crippen LogP contribution is 2.33. The zero-order valence-electron chi connectivity index (χ0n) is 16.8. The zero-order valence-corrected chi connectivity index (χ0v) is 19.1. The van der Waals surface area contributed by atoms with Crippen molar-refractivity contribution in [3.8, 4) is 5.75 Å². The monoisotopic (exact) mass is 475 g/mol. The van der Waals surface area contributed by atoms with E-state index in [0.29, 0.717) is 39.6 Å². The van der Waals surface area contributed by atoms with Crippen LogP contribution in [0.2, 0.25) is 5.02 Å². The summed E-state index contributed by atoms with van der Waals surface area (Å²) < 4.78 is 6.39. The molecule has 8 heteroatoms. The van der Waals surface area contributed by atoms with Crippen molar-refractivity contribution < 1.29 is 19.4 Å². The molecule has 2 aromatic carbocycles. The van der Waals surface area contributed by atoms with Crippen LogP contribution >= 0.6 is 35.6 Å². The number of nitrogens with zero attached hydrogens (tertiary/aromatic N) is 1. The normalized spacial score (nSPS) is 15.0. The number of aliphatic carboxylic acids is 1. The third kappa shape index (κ3) is 7.09. The Labute approximate surface area is 196 Å². The van der Waals surface area contributed by atoms with Crippen molar-refractivity contribution in [3.63, 3.8) is 0 Å². The number of hydrogen-bond acceptors (Lipinski definition) is 5. The van der Waals surface area contributed by atoms with E-state index < -0.39 is 5.97 Å². The van der Waals surface area contributed by atoms with Crippen molar-refractivity contribution in [3.05, 3.63) is 69.6 Å². The first-order chi connectivity index (χ1) is 14.9. The topological polar surface area (TPSA) is 66.8 Å². The lowest BCUT2D eigenvalue weighted by Crippen LogP contribution is -2.29. The standard InChI is InChI=1S/C23H22ClNO4S2/c24-18-10-8-16(9-11-18)15-29-19-6-4-5-17(13-19)14-20-22(28)25(23(30)31-20)12-3-1-2-7-21(26)27/h4-6,8-11,13-14H,1-3,7,12,15H2,(H,26,27). The van der Waals surface area contributed by atoms with Crippen molar-refractivity contribution in [2.24, 2.45) is 0 Å². The van der Waals surface area contributed by atoms with Crippen LogP contribution < -0.4 is 4.74 Å². The van der Waals surface area contributed by atoms with Gasteiger partial charge in [-0.25, -0.2) is 0 Å². The number of ether oxygens (including phenoxy) is 1. The maximum Gasteiger partial charge on any atom is 0.303 e. The molecule has 1 amide bonds. The van der Waals surface area contributed by atoms with Crippen LogP contribution in [0.25, 0.3) is 6.08 Å². The van der Waals surface area contributed by atoms with E-state index >= 15 is 0 Å². The average Bonchev–Trinajstić information content (AvgIpc) is 3.00. The summed E-state index contributed by atoms with van der Waals surface area (Å²) in [6.07, 6.45) is 4.03. The predicted octanol–water partition coefficient (Wildman–Crippen LogP) is 5.77. The van der Waals surface area contributed by atoms with Crippen LogP contribution in [0, 0.1) is 0 Å². The molecular formula is C23H22ClNO4S2. The Morgan fingerprint density at radius 2 is 1.94 bits per heavy atom. The molecule has 3 rings (SSSR count). The molecule has 0 spiro atoms. The first kappa shape index (κ1) is 23.3. The lowest BCUT2D eigenvalue weighted by Gasteiger charge is -2.13. The molecule has 1 saturated heterocycles. The Kier molecular flexibility index (Phi) is 8.51. The minimum absolute atomic E-state index is 0.110. The molecule has 2 aromatic rings. The van der Waals surface area contributed by atoms with Crippen molar-refractivity contribution in [2.45, 2.75) is 32.3 Å². The molecule has 1 N–H and O–H groups in total. The quantitative estimate of drug-likeness (QED) is 0.267. The Morgan fingerprint density at radius 1 is 1.16 bits per heavy atom. The first-order valence-electron chi connectivity index (χ1n) is 9.87. The number of thioether (sulfide) groups is 1. The van der Waals surface area contributed by atoms with Gasteiger partial charge in [0.2, 0.25) is 0 Å².